The molecule has 4 heterocycles. The molecule has 2 aliphatic rings. The van der Waals surface area contributed by atoms with Crippen molar-refractivity contribution in [3.05, 3.63) is 75.0 Å². The maximum Gasteiger partial charge on any atom is 0.271 e. The summed E-state index contributed by atoms with van der Waals surface area (Å²) in [7, 11) is 0. The van der Waals surface area contributed by atoms with Gasteiger partial charge in [0, 0.05) is 36.2 Å². The maximum atomic E-state index is 13.2. The van der Waals surface area contributed by atoms with E-state index >= 15 is 0 Å². The fourth-order valence-electron chi connectivity index (χ4n) is 4.46. The van der Waals surface area contributed by atoms with Crippen molar-refractivity contribution in [2.75, 3.05) is 13.1 Å². The van der Waals surface area contributed by atoms with Gasteiger partial charge in [-0.05, 0) is 36.8 Å². The van der Waals surface area contributed by atoms with E-state index in [2.05, 4.69) is 25.9 Å². The highest BCUT2D eigenvalue weighted by Crippen LogP contribution is 2.35. The molecule has 1 aromatic carbocycles. The van der Waals surface area contributed by atoms with Crippen molar-refractivity contribution in [3.63, 3.8) is 0 Å². The molecule has 2 aliphatic heterocycles. The van der Waals surface area contributed by atoms with Crippen LogP contribution >= 0.6 is 22.9 Å². The van der Waals surface area contributed by atoms with E-state index in [9.17, 15) is 4.79 Å². The molecule has 1 saturated heterocycles. The summed E-state index contributed by atoms with van der Waals surface area (Å²) in [5.41, 5.74) is 2.95. The lowest BCUT2D eigenvalue weighted by molar-refractivity contribution is 0.0553. The predicted molar refractivity (Wildman–Crippen MR) is 111 cm³/mol. The van der Waals surface area contributed by atoms with Crippen molar-refractivity contribution in [2.24, 2.45) is 0 Å². The Morgan fingerprint density at radius 1 is 1.18 bits per heavy atom. The molecule has 5 nitrogen and oxygen atoms in total. The third kappa shape index (κ3) is 3.15. The van der Waals surface area contributed by atoms with Gasteiger partial charge in [-0.1, -0.05) is 23.7 Å². The average molecular weight is 413 g/mol. The van der Waals surface area contributed by atoms with E-state index in [0.29, 0.717) is 6.54 Å². The van der Waals surface area contributed by atoms with Gasteiger partial charge in [0.05, 0.1) is 29.3 Å². The zero-order valence-electron chi connectivity index (χ0n) is 15.6. The van der Waals surface area contributed by atoms with Crippen LogP contribution in [-0.2, 0) is 13.1 Å². The van der Waals surface area contributed by atoms with Crippen molar-refractivity contribution in [3.8, 4) is 0 Å². The second-order valence-electron chi connectivity index (χ2n) is 7.55. The number of fused-ring (bicyclic) bond motifs is 3. The van der Waals surface area contributed by atoms with Gasteiger partial charge in [-0.25, -0.2) is 4.98 Å². The molecule has 5 rings (SSSR count). The first-order chi connectivity index (χ1) is 13.6. The van der Waals surface area contributed by atoms with E-state index in [-0.39, 0.29) is 18.0 Å². The number of amides is 1. The number of halogens is 1. The molecule has 144 valence electrons. The van der Waals surface area contributed by atoms with Gasteiger partial charge in [0.2, 0.25) is 0 Å². The lowest BCUT2D eigenvalue weighted by atomic mass is 10.1. The normalized spacial score (nSPS) is 21.8. The highest BCUT2D eigenvalue weighted by atomic mass is 35.5. The molecule has 1 amide bonds. The molecule has 0 aliphatic carbocycles. The SMILES string of the molecule is Cc1nc(CN2C(=O)c3cccn3[C@@H]3CN(Cc4cccc(Cl)c4)C[C@@H]32)cs1. The Hall–Kier alpha value is -2.15. The summed E-state index contributed by atoms with van der Waals surface area (Å²) in [6, 6.07) is 12.3. The number of benzene rings is 1. The molecule has 0 radical (unpaired) electrons. The number of carbonyl (C=O) groups excluding carboxylic acids is 1. The van der Waals surface area contributed by atoms with E-state index in [1.54, 1.807) is 11.3 Å². The predicted octanol–water partition coefficient (Wildman–Crippen LogP) is 3.99. The van der Waals surface area contributed by atoms with Crippen molar-refractivity contribution in [2.45, 2.75) is 32.1 Å². The van der Waals surface area contributed by atoms with Gasteiger partial charge in [0.25, 0.3) is 5.91 Å². The van der Waals surface area contributed by atoms with Crippen LogP contribution in [0.25, 0.3) is 0 Å². The Kier molecular flexibility index (Phi) is 4.50. The zero-order valence-corrected chi connectivity index (χ0v) is 17.2. The van der Waals surface area contributed by atoms with E-state index in [4.69, 9.17) is 11.6 Å². The standard InChI is InChI=1S/C21H21ClN4OS/c1-14-23-17(13-28-14)10-26-20-12-24(9-15-4-2-5-16(22)8-15)11-19(20)25-7-3-6-18(25)21(26)27/h2-8,13,19-20H,9-12H2,1H3/t19-,20+/m1/s1. The minimum absolute atomic E-state index is 0.0986. The highest BCUT2D eigenvalue weighted by Gasteiger charge is 2.44. The summed E-state index contributed by atoms with van der Waals surface area (Å²) in [5.74, 6) is 0.0986. The summed E-state index contributed by atoms with van der Waals surface area (Å²) < 4.78 is 2.16. The molecular weight excluding hydrogens is 392 g/mol. The lowest BCUT2D eigenvalue weighted by Crippen LogP contribution is -2.49. The smallest absolute Gasteiger partial charge is 0.271 e. The van der Waals surface area contributed by atoms with Crippen LogP contribution in [0.5, 0.6) is 0 Å². The molecule has 2 aromatic heterocycles. The highest BCUT2D eigenvalue weighted by molar-refractivity contribution is 7.09. The minimum Gasteiger partial charge on any atom is -0.337 e. The molecule has 0 bridgehead atoms. The molecule has 28 heavy (non-hydrogen) atoms. The Bertz CT molecular complexity index is 1030. The van der Waals surface area contributed by atoms with Crippen LogP contribution in [0.3, 0.4) is 0 Å². The third-order valence-corrected chi connectivity index (χ3v) is 6.70. The van der Waals surface area contributed by atoms with Crippen LogP contribution in [0.15, 0.2) is 48.0 Å². The number of hydrogen-bond acceptors (Lipinski definition) is 4. The van der Waals surface area contributed by atoms with E-state index in [1.165, 1.54) is 5.56 Å². The van der Waals surface area contributed by atoms with Crippen molar-refractivity contribution < 1.29 is 4.79 Å². The largest absolute Gasteiger partial charge is 0.337 e. The summed E-state index contributed by atoms with van der Waals surface area (Å²) in [6.45, 7) is 5.17. The van der Waals surface area contributed by atoms with Gasteiger partial charge >= 0.3 is 0 Å². The first kappa shape index (κ1) is 17.9. The van der Waals surface area contributed by atoms with Crippen LogP contribution in [0.1, 0.15) is 32.8 Å². The molecule has 0 spiro atoms. The molecule has 0 N–H and O–H groups in total. The number of rotatable bonds is 4. The fourth-order valence-corrected chi connectivity index (χ4v) is 5.27. The van der Waals surface area contributed by atoms with Crippen molar-refractivity contribution >= 4 is 28.8 Å². The lowest BCUT2D eigenvalue weighted by Gasteiger charge is -2.38. The third-order valence-electron chi connectivity index (χ3n) is 5.65. The summed E-state index contributed by atoms with van der Waals surface area (Å²) in [4.78, 5) is 22.2. The van der Waals surface area contributed by atoms with Crippen molar-refractivity contribution in [1.82, 2.24) is 19.4 Å². The second kappa shape index (κ2) is 7.03. The number of aromatic nitrogens is 2. The first-order valence-electron chi connectivity index (χ1n) is 9.44. The van der Waals surface area contributed by atoms with Gasteiger partial charge in [-0.3, -0.25) is 9.69 Å². The summed E-state index contributed by atoms with van der Waals surface area (Å²) >= 11 is 7.79. The zero-order chi connectivity index (χ0) is 19.3. The number of aryl methyl sites for hydroxylation is 1. The van der Waals surface area contributed by atoms with Crippen LogP contribution in [0.2, 0.25) is 5.02 Å². The number of nitrogens with zero attached hydrogens (tertiary/aromatic N) is 4. The van der Waals surface area contributed by atoms with Crippen LogP contribution in [0.4, 0.5) is 0 Å². The maximum absolute atomic E-state index is 13.2. The molecule has 1 fully saturated rings. The van der Waals surface area contributed by atoms with Crippen LogP contribution in [-0.4, -0.2) is 44.4 Å². The quantitative estimate of drug-likeness (QED) is 0.650. The Morgan fingerprint density at radius 2 is 2.04 bits per heavy atom. The molecular formula is C21H21ClN4OS. The first-order valence-corrected chi connectivity index (χ1v) is 10.7. The minimum atomic E-state index is 0.0986. The van der Waals surface area contributed by atoms with Crippen LogP contribution < -0.4 is 0 Å². The molecule has 0 saturated carbocycles. The molecule has 0 unspecified atom stereocenters. The monoisotopic (exact) mass is 412 g/mol. The van der Waals surface area contributed by atoms with Gasteiger partial charge in [0.1, 0.15) is 5.69 Å². The Balaban J connectivity index is 1.43. The van der Waals surface area contributed by atoms with Gasteiger partial charge in [0.15, 0.2) is 0 Å². The number of carbonyl (C=O) groups is 1. The average Bonchev–Trinajstić information content (AvgIpc) is 3.38. The molecule has 3 aromatic rings. The Labute approximate surface area is 173 Å². The van der Waals surface area contributed by atoms with E-state index in [0.717, 1.165) is 41.1 Å². The Morgan fingerprint density at radius 3 is 2.82 bits per heavy atom. The fraction of sp³-hybridized carbons (Fsp3) is 0.333. The van der Waals surface area contributed by atoms with Crippen LogP contribution in [0, 0.1) is 6.92 Å². The summed E-state index contributed by atoms with van der Waals surface area (Å²) in [6.07, 6.45) is 2.04. The number of hydrogen-bond donors (Lipinski definition) is 0. The molecule has 7 heteroatoms. The van der Waals surface area contributed by atoms with Gasteiger partial charge < -0.3 is 9.47 Å². The van der Waals surface area contributed by atoms with Gasteiger partial charge in [-0.15, -0.1) is 11.3 Å². The van der Waals surface area contributed by atoms with Crippen molar-refractivity contribution in [1.29, 1.82) is 0 Å². The number of likely N-dealkylation sites (tertiary alicyclic amines) is 1. The second-order valence-corrected chi connectivity index (χ2v) is 9.05. The summed E-state index contributed by atoms with van der Waals surface area (Å²) in [5, 5.41) is 3.86. The topological polar surface area (TPSA) is 41.4 Å². The van der Waals surface area contributed by atoms with E-state index in [1.807, 2.05) is 48.4 Å². The molecule has 2 atom stereocenters. The van der Waals surface area contributed by atoms with Gasteiger partial charge in [-0.2, -0.15) is 0 Å². The number of thiazole rings is 1. The van der Waals surface area contributed by atoms with E-state index < -0.39 is 0 Å².